The zero-order chi connectivity index (χ0) is 9.26. The molecule has 13 heavy (non-hydrogen) atoms. The smallest absolute Gasteiger partial charge is 0.106 e. The largest absolute Gasteiger partial charge is 0.268 e. The van der Waals surface area contributed by atoms with Crippen molar-refractivity contribution in [3.05, 3.63) is 35.2 Å². The van der Waals surface area contributed by atoms with Crippen LogP contribution in [0.5, 0.6) is 0 Å². The van der Waals surface area contributed by atoms with Crippen molar-refractivity contribution in [3.63, 3.8) is 0 Å². The topological polar surface area (TPSA) is 30.7 Å². The summed E-state index contributed by atoms with van der Waals surface area (Å²) >= 11 is 3.33. The second kappa shape index (κ2) is 3.30. The van der Waals surface area contributed by atoms with Gasteiger partial charge in [-0.2, -0.15) is 5.10 Å². The fourth-order valence-corrected chi connectivity index (χ4v) is 1.58. The maximum absolute atomic E-state index is 4.10. The maximum atomic E-state index is 4.10. The summed E-state index contributed by atoms with van der Waals surface area (Å²) in [6.45, 7) is 0. The Kier molecular flexibility index (Phi) is 2.14. The summed E-state index contributed by atoms with van der Waals surface area (Å²) in [5, 5.41) is 4.10. The Morgan fingerprint density at radius 3 is 2.77 bits per heavy atom. The van der Waals surface area contributed by atoms with Gasteiger partial charge in [-0.05, 0) is 34.1 Å². The Morgan fingerprint density at radius 2 is 2.15 bits per heavy atom. The highest BCUT2D eigenvalue weighted by molar-refractivity contribution is 9.10. The molecule has 0 atom stereocenters. The second-order valence-corrected chi connectivity index (χ2v) is 3.52. The molecular formula is C9H8BrN3. The highest BCUT2D eigenvalue weighted by Crippen LogP contribution is 2.19. The van der Waals surface area contributed by atoms with Crippen LogP contribution in [-0.4, -0.2) is 14.8 Å². The summed E-state index contributed by atoms with van der Waals surface area (Å²) in [5.74, 6) is 0. The van der Waals surface area contributed by atoms with Gasteiger partial charge in [-0.1, -0.05) is 0 Å². The molecule has 2 rings (SSSR count). The predicted molar refractivity (Wildman–Crippen MR) is 54.1 cm³/mol. The number of hydrogen-bond acceptors (Lipinski definition) is 2. The van der Waals surface area contributed by atoms with Crippen molar-refractivity contribution >= 4 is 15.9 Å². The summed E-state index contributed by atoms with van der Waals surface area (Å²) in [7, 11) is 1.92. The van der Waals surface area contributed by atoms with Crippen LogP contribution in [0.2, 0.25) is 0 Å². The molecule has 0 radical (unpaired) electrons. The van der Waals surface area contributed by atoms with Crippen LogP contribution in [0.25, 0.3) is 11.3 Å². The van der Waals surface area contributed by atoms with Crippen LogP contribution in [-0.2, 0) is 7.05 Å². The first kappa shape index (κ1) is 8.44. The Hall–Kier alpha value is -1.16. The second-order valence-electron chi connectivity index (χ2n) is 2.71. The van der Waals surface area contributed by atoms with Crippen molar-refractivity contribution in [2.24, 2.45) is 7.05 Å². The SMILES string of the molecule is Cn1nccc1-c1ccnc(Br)c1. The van der Waals surface area contributed by atoms with Gasteiger partial charge in [-0.25, -0.2) is 4.98 Å². The summed E-state index contributed by atoms with van der Waals surface area (Å²) in [6, 6.07) is 5.90. The van der Waals surface area contributed by atoms with E-state index in [0.29, 0.717) is 0 Å². The molecular weight excluding hydrogens is 230 g/mol. The first-order valence-corrected chi connectivity index (χ1v) is 4.66. The third-order valence-electron chi connectivity index (χ3n) is 1.84. The molecule has 0 saturated heterocycles. The molecule has 0 bridgehead atoms. The molecule has 0 N–H and O–H groups in total. The van der Waals surface area contributed by atoms with Crippen LogP contribution in [0.15, 0.2) is 35.2 Å². The van der Waals surface area contributed by atoms with Crippen LogP contribution in [0.1, 0.15) is 0 Å². The minimum atomic E-state index is 0.839. The van der Waals surface area contributed by atoms with E-state index >= 15 is 0 Å². The number of aryl methyl sites for hydroxylation is 1. The Labute approximate surface area is 84.5 Å². The van der Waals surface area contributed by atoms with Crippen molar-refractivity contribution in [1.29, 1.82) is 0 Å². The van der Waals surface area contributed by atoms with E-state index in [9.17, 15) is 0 Å². The summed E-state index contributed by atoms with van der Waals surface area (Å²) in [6.07, 6.45) is 3.55. The van der Waals surface area contributed by atoms with Crippen LogP contribution in [0.3, 0.4) is 0 Å². The highest BCUT2D eigenvalue weighted by atomic mass is 79.9. The molecule has 3 nitrogen and oxygen atoms in total. The van der Waals surface area contributed by atoms with Crippen molar-refractivity contribution in [2.45, 2.75) is 0 Å². The molecule has 0 aliphatic heterocycles. The monoisotopic (exact) mass is 237 g/mol. The molecule has 0 aliphatic carbocycles. The van der Waals surface area contributed by atoms with Crippen LogP contribution >= 0.6 is 15.9 Å². The first-order chi connectivity index (χ1) is 6.27. The lowest BCUT2D eigenvalue weighted by Crippen LogP contribution is -1.93. The molecule has 0 unspecified atom stereocenters. The fraction of sp³-hybridized carbons (Fsp3) is 0.111. The molecule has 0 saturated carbocycles. The summed E-state index contributed by atoms with van der Waals surface area (Å²) in [5.41, 5.74) is 2.20. The molecule has 2 aromatic rings. The van der Waals surface area contributed by atoms with Gasteiger partial charge < -0.3 is 0 Å². The Bertz CT molecular complexity index is 422. The summed E-state index contributed by atoms with van der Waals surface area (Å²) in [4.78, 5) is 4.07. The van der Waals surface area contributed by atoms with Crippen molar-refractivity contribution in [3.8, 4) is 11.3 Å². The molecule has 2 aromatic heterocycles. The van der Waals surface area contributed by atoms with Gasteiger partial charge in [0.2, 0.25) is 0 Å². The third-order valence-corrected chi connectivity index (χ3v) is 2.28. The van der Waals surface area contributed by atoms with Gasteiger partial charge in [0.25, 0.3) is 0 Å². The van der Waals surface area contributed by atoms with E-state index in [1.807, 2.05) is 29.9 Å². The highest BCUT2D eigenvalue weighted by Gasteiger charge is 2.01. The molecule has 0 aromatic carbocycles. The van der Waals surface area contributed by atoms with E-state index < -0.39 is 0 Å². The van der Waals surface area contributed by atoms with E-state index in [1.54, 1.807) is 12.4 Å². The molecule has 0 aliphatic rings. The van der Waals surface area contributed by atoms with Gasteiger partial charge in [0, 0.05) is 25.0 Å². The number of halogens is 1. The van der Waals surface area contributed by atoms with Gasteiger partial charge in [-0.3, -0.25) is 4.68 Å². The average Bonchev–Trinajstić information content (AvgIpc) is 2.51. The first-order valence-electron chi connectivity index (χ1n) is 3.87. The van der Waals surface area contributed by atoms with Crippen LogP contribution < -0.4 is 0 Å². The zero-order valence-corrected chi connectivity index (χ0v) is 8.69. The number of rotatable bonds is 1. The lowest BCUT2D eigenvalue weighted by molar-refractivity contribution is 0.775. The molecule has 0 spiro atoms. The van der Waals surface area contributed by atoms with Crippen molar-refractivity contribution in [1.82, 2.24) is 14.8 Å². The standard InChI is InChI=1S/C9H8BrN3/c1-13-8(3-5-12-13)7-2-4-11-9(10)6-7/h2-6H,1H3. The quantitative estimate of drug-likeness (QED) is 0.713. The molecule has 66 valence electrons. The number of pyridine rings is 1. The van der Waals surface area contributed by atoms with E-state index in [2.05, 4.69) is 26.0 Å². The Balaban J connectivity index is 2.53. The summed E-state index contributed by atoms with van der Waals surface area (Å²) < 4.78 is 2.67. The number of nitrogens with zero attached hydrogens (tertiary/aromatic N) is 3. The van der Waals surface area contributed by atoms with Gasteiger partial charge in [-0.15, -0.1) is 0 Å². The van der Waals surface area contributed by atoms with Gasteiger partial charge in [0.1, 0.15) is 4.60 Å². The fourth-order valence-electron chi connectivity index (χ4n) is 1.22. The lowest BCUT2D eigenvalue weighted by atomic mass is 10.2. The predicted octanol–water partition coefficient (Wildman–Crippen LogP) is 2.24. The Morgan fingerprint density at radius 1 is 1.31 bits per heavy atom. The third kappa shape index (κ3) is 1.62. The van der Waals surface area contributed by atoms with Crippen LogP contribution in [0, 0.1) is 0 Å². The van der Waals surface area contributed by atoms with Gasteiger partial charge in [0.05, 0.1) is 5.69 Å². The molecule has 0 fully saturated rings. The number of aromatic nitrogens is 3. The van der Waals surface area contributed by atoms with Gasteiger partial charge >= 0.3 is 0 Å². The van der Waals surface area contributed by atoms with Crippen molar-refractivity contribution in [2.75, 3.05) is 0 Å². The van der Waals surface area contributed by atoms with E-state index in [-0.39, 0.29) is 0 Å². The normalized spacial score (nSPS) is 10.3. The van der Waals surface area contributed by atoms with Gasteiger partial charge in [0.15, 0.2) is 0 Å². The maximum Gasteiger partial charge on any atom is 0.106 e. The minimum absolute atomic E-state index is 0.839. The van der Waals surface area contributed by atoms with E-state index in [4.69, 9.17) is 0 Å². The number of hydrogen-bond donors (Lipinski definition) is 0. The van der Waals surface area contributed by atoms with E-state index in [0.717, 1.165) is 15.9 Å². The molecule has 4 heteroatoms. The molecule has 2 heterocycles. The molecule has 0 amide bonds. The average molecular weight is 238 g/mol. The van der Waals surface area contributed by atoms with Crippen molar-refractivity contribution < 1.29 is 0 Å². The van der Waals surface area contributed by atoms with Crippen LogP contribution in [0.4, 0.5) is 0 Å². The lowest BCUT2D eigenvalue weighted by Gasteiger charge is -2.01. The minimum Gasteiger partial charge on any atom is -0.268 e. The van der Waals surface area contributed by atoms with E-state index in [1.165, 1.54) is 0 Å². The zero-order valence-electron chi connectivity index (χ0n) is 7.11.